The van der Waals surface area contributed by atoms with E-state index in [0.717, 1.165) is 16.5 Å². The van der Waals surface area contributed by atoms with Gasteiger partial charge in [-0.15, -0.1) is 6.42 Å². The second-order valence-electron chi connectivity index (χ2n) is 2.51. The number of aromatic amines is 1. The molecule has 1 heterocycles. The number of H-pyrrole nitrogens is 1. The van der Waals surface area contributed by atoms with Crippen molar-refractivity contribution < 1.29 is 0 Å². The summed E-state index contributed by atoms with van der Waals surface area (Å²) in [6.07, 6.45) is 7.09. The smallest absolute Gasteiger partial charge is 0.0656 e. The lowest BCUT2D eigenvalue weighted by Crippen LogP contribution is -1.70. The maximum Gasteiger partial charge on any atom is 0.0656 e. The highest BCUT2D eigenvalue weighted by Crippen LogP contribution is 2.24. The molecule has 0 saturated carbocycles. The van der Waals surface area contributed by atoms with Gasteiger partial charge in [0.1, 0.15) is 0 Å². The van der Waals surface area contributed by atoms with E-state index in [4.69, 9.17) is 18.0 Å². The van der Waals surface area contributed by atoms with Gasteiger partial charge in [-0.05, 0) is 6.07 Å². The third-order valence-corrected chi connectivity index (χ3v) is 2.14. The minimum Gasteiger partial charge on any atom is -0.359 e. The van der Waals surface area contributed by atoms with E-state index in [0.29, 0.717) is 5.02 Å². The van der Waals surface area contributed by atoms with Crippen molar-refractivity contribution in [3.63, 3.8) is 0 Å². The SMILES string of the molecule is C#Cc1c[nH]c2c(Cl)cccc12. The van der Waals surface area contributed by atoms with Gasteiger partial charge < -0.3 is 4.98 Å². The van der Waals surface area contributed by atoms with Gasteiger partial charge in [-0.1, -0.05) is 29.7 Å². The van der Waals surface area contributed by atoms with E-state index in [2.05, 4.69) is 10.9 Å². The molecular weight excluding hydrogens is 170 g/mol. The molecule has 2 heteroatoms. The average Bonchev–Trinajstić information content (AvgIpc) is 2.49. The van der Waals surface area contributed by atoms with Crippen LogP contribution in [0.3, 0.4) is 0 Å². The lowest BCUT2D eigenvalue weighted by molar-refractivity contribution is 1.47. The Morgan fingerprint density at radius 1 is 1.42 bits per heavy atom. The van der Waals surface area contributed by atoms with E-state index < -0.39 is 0 Å². The van der Waals surface area contributed by atoms with Gasteiger partial charge in [0.15, 0.2) is 0 Å². The summed E-state index contributed by atoms with van der Waals surface area (Å²) in [4.78, 5) is 3.03. The first-order chi connectivity index (χ1) is 5.83. The molecule has 0 saturated heterocycles. The van der Waals surface area contributed by atoms with Crippen LogP contribution >= 0.6 is 11.6 Å². The van der Waals surface area contributed by atoms with Gasteiger partial charge in [0.25, 0.3) is 0 Å². The molecule has 0 spiro atoms. The van der Waals surface area contributed by atoms with Crippen molar-refractivity contribution in [1.29, 1.82) is 0 Å². The Balaban J connectivity index is 2.91. The number of para-hydroxylation sites is 1. The molecule has 0 atom stereocenters. The highest BCUT2D eigenvalue weighted by atomic mass is 35.5. The molecule has 0 bridgehead atoms. The zero-order chi connectivity index (χ0) is 8.55. The molecule has 0 fully saturated rings. The van der Waals surface area contributed by atoms with Crippen LogP contribution in [0.4, 0.5) is 0 Å². The molecule has 1 N–H and O–H groups in total. The summed E-state index contributed by atoms with van der Waals surface area (Å²) in [5.74, 6) is 2.59. The second kappa shape index (κ2) is 2.58. The van der Waals surface area contributed by atoms with Crippen LogP contribution in [0.15, 0.2) is 24.4 Å². The highest BCUT2D eigenvalue weighted by molar-refractivity contribution is 6.35. The molecule has 1 nitrogen and oxygen atoms in total. The van der Waals surface area contributed by atoms with E-state index in [9.17, 15) is 0 Å². The van der Waals surface area contributed by atoms with Gasteiger partial charge in [-0.25, -0.2) is 0 Å². The van der Waals surface area contributed by atoms with Crippen molar-refractivity contribution >= 4 is 22.5 Å². The van der Waals surface area contributed by atoms with Crippen molar-refractivity contribution in [1.82, 2.24) is 4.98 Å². The monoisotopic (exact) mass is 175 g/mol. The van der Waals surface area contributed by atoms with E-state index in [1.165, 1.54) is 0 Å². The number of fused-ring (bicyclic) bond motifs is 1. The standard InChI is InChI=1S/C10H6ClN/c1-2-7-6-12-10-8(7)4-3-5-9(10)11/h1,3-6,12H. The average molecular weight is 176 g/mol. The van der Waals surface area contributed by atoms with Crippen LogP contribution in [0.25, 0.3) is 10.9 Å². The summed E-state index contributed by atoms with van der Waals surface area (Å²) in [6.45, 7) is 0. The molecular formula is C10H6ClN. The lowest BCUT2D eigenvalue weighted by atomic mass is 10.2. The van der Waals surface area contributed by atoms with E-state index in [-0.39, 0.29) is 0 Å². The van der Waals surface area contributed by atoms with E-state index in [1.54, 1.807) is 6.20 Å². The number of terminal acetylenes is 1. The maximum atomic E-state index is 5.93. The fraction of sp³-hybridized carbons (Fsp3) is 0. The first-order valence-corrected chi connectivity index (χ1v) is 3.93. The van der Waals surface area contributed by atoms with Gasteiger partial charge in [0, 0.05) is 17.1 Å². The van der Waals surface area contributed by atoms with Crippen molar-refractivity contribution in [3.8, 4) is 12.3 Å². The second-order valence-corrected chi connectivity index (χ2v) is 2.92. The Bertz CT molecular complexity index is 462. The summed E-state index contributed by atoms with van der Waals surface area (Å²) in [5, 5.41) is 1.71. The van der Waals surface area contributed by atoms with Crippen molar-refractivity contribution in [3.05, 3.63) is 35.0 Å². The predicted molar refractivity (Wildman–Crippen MR) is 51.2 cm³/mol. The molecule has 0 aliphatic rings. The number of benzene rings is 1. The minimum atomic E-state index is 0.703. The Hall–Kier alpha value is -1.39. The van der Waals surface area contributed by atoms with Crippen molar-refractivity contribution in [2.24, 2.45) is 0 Å². The van der Waals surface area contributed by atoms with Gasteiger partial charge in [-0.2, -0.15) is 0 Å². The fourth-order valence-corrected chi connectivity index (χ4v) is 1.47. The zero-order valence-corrected chi connectivity index (χ0v) is 7.02. The molecule has 2 rings (SSSR count). The summed E-state index contributed by atoms with van der Waals surface area (Å²) in [5.41, 5.74) is 1.76. The summed E-state index contributed by atoms with van der Waals surface area (Å²) in [7, 11) is 0. The quantitative estimate of drug-likeness (QED) is 0.593. The Kier molecular flexibility index (Phi) is 1.56. The van der Waals surface area contributed by atoms with Crippen molar-refractivity contribution in [2.45, 2.75) is 0 Å². The van der Waals surface area contributed by atoms with Gasteiger partial charge in [0.05, 0.1) is 10.5 Å². The first-order valence-electron chi connectivity index (χ1n) is 3.55. The van der Waals surface area contributed by atoms with Gasteiger partial charge >= 0.3 is 0 Å². The number of hydrogen-bond donors (Lipinski definition) is 1. The molecule has 0 aliphatic carbocycles. The third-order valence-electron chi connectivity index (χ3n) is 1.82. The molecule has 1 aromatic carbocycles. The van der Waals surface area contributed by atoms with Crippen LogP contribution in [0.5, 0.6) is 0 Å². The van der Waals surface area contributed by atoms with E-state index >= 15 is 0 Å². The van der Waals surface area contributed by atoms with Gasteiger partial charge in [-0.3, -0.25) is 0 Å². The molecule has 0 amide bonds. The third kappa shape index (κ3) is 0.895. The number of halogens is 1. The Labute approximate surface area is 75.4 Å². The molecule has 0 aliphatic heterocycles. The maximum absolute atomic E-state index is 5.93. The number of aromatic nitrogens is 1. The predicted octanol–water partition coefficient (Wildman–Crippen LogP) is 2.80. The topological polar surface area (TPSA) is 15.8 Å². The molecule has 58 valence electrons. The van der Waals surface area contributed by atoms with Crippen LogP contribution in [0, 0.1) is 12.3 Å². The van der Waals surface area contributed by atoms with Crippen LogP contribution in [0.2, 0.25) is 5.02 Å². The first kappa shape index (κ1) is 7.27. The normalized spacial score (nSPS) is 10.0. The Morgan fingerprint density at radius 2 is 2.25 bits per heavy atom. The number of hydrogen-bond acceptors (Lipinski definition) is 0. The van der Waals surface area contributed by atoms with Crippen LogP contribution in [0.1, 0.15) is 5.56 Å². The molecule has 0 radical (unpaired) electrons. The summed E-state index contributed by atoms with van der Waals surface area (Å²) >= 11 is 5.93. The van der Waals surface area contributed by atoms with Crippen LogP contribution in [-0.2, 0) is 0 Å². The van der Waals surface area contributed by atoms with Crippen molar-refractivity contribution in [2.75, 3.05) is 0 Å². The summed E-state index contributed by atoms with van der Waals surface area (Å²) < 4.78 is 0. The fourth-order valence-electron chi connectivity index (χ4n) is 1.24. The van der Waals surface area contributed by atoms with Crippen LogP contribution < -0.4 is 0 Å². The minimum absolute atomic E-state index is 0.703. The Morgan fingerprint density at radius 3 is 3.00 bits per heavy atom. The molecule has 0 unspecified atom stereocenters. The zero-order valence-electron chi connectivity index (χ0n) is 6.26. The number of nitrogens with one attached hydrogen (secondary N) is 1. The van der Waals surface area contributed by atoms with Crippen LogP contribution in [-0.4, -0.2) is 4.98 Å². The molecule has 2 aromatic rings. The molecule has 12 heavy (non-hydrogen) atoms. The van der Waals surface area contributed by atoms with Gasteiger partial charge in [0.2, 0.25) is 0 Å². The largest absolute Gasteiger partial charge is 0.359 e. The summed E-state index contributed by atoms with van der Waals surface area (Å²) in [6, 6.07) is 5.67. The number of rotatable bonds is 0. The highest BCUT2D eigenvalue weighted by Gasteiger charge is 2.02. The van der Waals surface area contributed by atoms with E-state index in [1.807, 2.05) is 18.2 Å². The lowest BCUT2D eigenvalue weighted by Gasteiger charge is -1.91. The molecule has 1 aromatic heterocycles.